The summed E-state index contributed by atoms with van der Waals surface area (Å²) in [6, 6.07) is 6.80. The third kappa shape index (κ3) is 3.21. The molecule has 1 rings (SSSR count). The number of hydrogen-bond acceptors (Lipinski definition) is 3. The number of methoxy groups -OCH3 is 1. The van der Waals surface area contributed by atoms with E-state index >= 15 is 0 Å². The van der Waals surface area contributed by atoms with E-state index < -0.39 is 5.97 Å². The Morgan fingerprint density at radius 2 is 1.81 bits per heavy atom. The van der Waals surface area contributed by atoms with E-state index in [9.17, 15) is 9.59 Å². The van der Waals surface area contributed by atoms with Crippen LogP contribution in [-0.2, 0) is 14.3 Å². The number of Topliss-reactive ketones (excluding diaryl/α,β-unsaturated/α-hetero) is 1. The highest BCUT2D eigenvalue weighted by Gasteiger charge is 2.14. The first-order valence-electron chi connectivity index (χ1n) is 4.61. The number of halogens is 1. The molecule has 0 aliphatic heterocycles. The summed E-state index contributed by atoms with van der Waals surface area (Å²) >= 11 is 5.72. The van der Waals surface area contributed by atoms with Gasteiger partial charge in [-0.15, -0.1) is 0 Å². The molecule has 0 aromatic heterocycles. The van der Waals surface area contributed by atoms with E-state index in [1.165, 1.54) is 20.1 Å². The zero-order valence-electron chi connectivity index (χ0n) is 8.99. The number of benzene rings is 1. The van der Waals surface area contributed by atoms with E-state index in [1.54, 1.807) is 24.3 Å². The van der Waals surface area contributed by atoms with Gasteiger partial charge in [0.05, 0.1) is 7.11 Å². The SMILES string of the molecule is COC(=O)/C(=C/c1ccc(Cl)cc1)C(C)=O. The van der Waals surface area contributed by atoms with Gasteiger partial charge in [-0.2, -0.15) is 0 Å². The van der Waals surface area contributed by atoms with Crippen LogP contribution < -0.4 is 0 Å². The lowest BCUT2D eigenvalue weighted by atomic mass is 10.1. The summed E-state index contributed by atoms with van der Waals surface area (Å²) in [4.78, 5) is 22.5. The second kappa shape index (κ2) is 5.47. The van der Waals surface area contributed by atoms with Gasteiger partial charge in [-0.1, -0.05) is 23.7 Å². The van der Waals surface area contributed by atoms with E-state index in [2.05, 4.69) is 4.74 Å². The van der Waals surface area contributed by atoms with Crippen molar-refractivity contribution in [2.45, 2.75) is 6.92 Å². The lowest BCUT2D eigenvalue weighted by molar-refractivity contribution is -0.137. The van der Waals surface area contributed by atoms with E-state index in [0.29, 0.717) is 5.02 Å². The molecule has 0 saturated carbocycles. The van der Waals surface area contributed by atoms with Gasteiger partial charge in [0.2, 0.25) is 0 Å². The third-order valence-corrected chi connectivity index (χ3v) is 2.22. The number of hydrogen-bond donors (Lipinski definition) is 0. The van der Waals surface area contributed by atoms with Gasteiger partial charge in [0.15, 0.2) is 5.78 Å². The van der Waals surface area contributed by atoms with Crippen molar-refractivity contribution in [3.05, 3.63) is 40.4 Å². The molecule has 16 heavy (non-hydrogen) atoms. The molecule has 3 nitrogen and oxygen atoms in total. The van der Waals surface area contributed by atoms with Gasteiger partial charge in [0.25, 0.3) is 0 Å². The second-order valence-corrected chi connectivity index (χ2v) is 3.59. The molecule has 0 radical (unpaired) electrons. The number of esters is 1. The van der Waals surface area contributed by atoms with E-state index in [1.807, 2.05) is 0 Å². The quantitative estimate of drug-likeness (QED) is 0.352. The normalized spacial score (nSPS) is 11.1. The van der Waals surface area contributed by atoms with Crippen LogP contribution in [0.5, 0.6) is 0 Å². The zero-order chi connectivity index (χ0) is 12.1. The van der Waals surface area contributed by atoms with Crippen LogP contribution >= 0.6 is 11.6 Å². The lowest BCUT2D eigenvalue weighted by Gasteiger charge is -2.01. The Morgan fingerprint density at radius 3 is 2.25 bits per heavy atom. The van der Waals surface area contributed by atoms with Crippen LogP contribution in [0.25, 0.3) is 6.08 Å². The second-order valence-electron chi connectivity index (χ2n) is 3.16. The Balaban J connectivity index is 3.07. The molecule has 84 valence electrons. The largest absolute Gasteiger partial charge is 0.465 e. The molecule has 0 saturated heterocycles. The molecule has 0 aliphatic rings. The highest BCUT2D eigenvalue weighted by atomic mass is 35.5. The van der Waals surface area contributed by atoms with Crippen molar-refractivity contribution in [1.82, 2.24) is 0 Å². The molecular formula is C12H11ClO3. The number of ether oxygens (including phenoxy) is 1. The number of carbonyl (C=O) groups is 2. The van der Waals surface area contributed by atoms with Gasteiger partial charge in [-0.3, -0.25) is 4.79 Å². The summed E-state index contributed by atoms with van der Waals surface area (Å²) in [7, 11) is 1.24. The molecule has 1 aromatic rings. The Kier molecular flexibility index (Phi) is 4.26. The Bertz CT molecular complexity index is 432. The van der Waals surface area contributed by atoms with Crippen molar-refractivity contribution in [3.8, 4) is 0 Å². The van der Waals surface area contributed by atoms with Gasteiger partial charge in [-0.05, 0) is 30.7 Å². The Hall–Kier alpha value is -1.61. The maximum absolute atomic E-state index is 11.3. The van der Waals surface area contributed by atoms with Gasteiger partial charge < -0.3 is 4.74 Å². The molecule has 0 atom stereocenters. The van der Waals surface area contributed by atoms with Crippen LogP contribution in [0.3, 0.4) is 0 Å². The topological polar surface area (TPSA) is 43.4 Å². The summed E-state index contributed by atoms with van der Waals surface area (Å²) in [5.41, 5.74) is 0.741. The molecule has 0 fully saturated rings. The Morgan fingerprint density at radius 1 is 1.25 bits per heavy atom. The first-order valence-corrected chi connectivity index (χ1v) is 4.99. The standard InChI is InChI=1S/C12H11ClO3/c1-8(14)11(12(15)16-2)7-9-3-5-10(13)6-4-9/h3-7H,1-2H3/b11-7+. The highest BCUT2D eigenvalue weighted by Crippen LogP contribution is 2.13. The maximum Gasteiger partial charge on any atom is 0.341 e. The minimum atomic E-state index is -0.637. The van der Waals surface area contributed by atoms with Crippen LogP contribution in [0.2, 0.25) is 5.02 Å². The third-order valence-electron chi connectivity index (χ3n) is 1.97. The van der Waals surface area contributed by atoms with Crippen LogP contribution in [0.4, 0.5) is 0 Å². The van der Waals surface area contributed by atoms with Crippen LogP contribution in [0, 0.1) is 0 Å². The maximum atomic E-state index is 11.3. The average molecular weight is 239 g/mol. The van der Waals surface area contributed by atoms with Gasteiger partial charge >= 0.3 is 5.97 Å². The molecule has 4 heteroatoms. The van der Waals surface area contributed by atoms with Crippen molar-refractivity contribution < 1.29 is 14.3 Å². The minimum absolute atomic E-state index is 0.0184. The van der Waals surface area contributed by atoms with Gasteiger partial charge in [-0.25, -0.2) is 4.79 Å². The number of carbonyl (C=O) groups excluding carboxylic acids is 2. The van der Waals surface area contributed by atoms with Crippen molar-refractivity contribution in [1.29, 1.82) is 0 Å². The lowest BCUT2D eigenvalue weighted by Crippen LogP contribution is -2.11. The molecule has 0 aliphatic carbocycles. The monoisotopic (exact) mass is 238 g/mol. The fourth-order valence-corrected chi connectivity index (χ4v) is 1.27. The predicted octanol–water partition coefficient (Wildman–Crippen LogP) is 2.49. The predicted molar refractivity (Wildman–Crippen MR) is 62.1 cm³/mol. The summed E-state index contributed by atoms with van der Waals surface area (Å²) in [5, 5.41) is 0.597. The van der Waals surface area contributed by atoms with Crippen molar-refractivity contribution in [2.24, 2.45) is 0 Å². The van der Waals surface area contributed by atoms with Gasteiger partial charge in [0.1, 0.15) is 5.57 Å². The number of ketones is 1. The summed E-state index contributed by atoms with van der Waals surface area (Å²) < 4.78 is 4.52. The van der Waals surface area contributed by atoms with Crippen LogP contribution in [0.1, 0.15) is 12.5 Å². The van der Waals surface area contributed by atoms with Gasteiger partial charge in [0, 0.05) is 5.02 Å². The van der Waals surface area contributed by atoms with Crippen LogP contribution in [-0.4, -0.2) is 18.9 Å². The number of rotatable bonds is 3. The van der Waals surface area contributed by atoms with Crippen LogP contribution in [0.15, 0.2) is 29.8 Å². The van der Waals surface area contributed by atoms with Crippen molar-refractivity contribution in [3.63, 3.8) is 0 Å². The summed E-state index contributed by atoms with van der Waals surface area (Å²) in [5.74, 6) is -0.968. The zero-order valence-corrected chi connectivity index (χ0v) is 9.75. The molecule has 0 unspecified atom stereocenters. The highest BCUT2D eigenvalue weighted by molar-refractivity contribution is 6.30. The molecule has 0 heterocycles. The summed E-state index contributed by atoms with van der Waals surface area (Å²) in [6.45, 7) is 1.32. The van der Waals surface area contributed by atoms with E-state index in [4.69, 9.17) is 11.6 Å². The molecule has 0 amide bonds. The Labute approximate surface area is 98.7 Å². The van der Waals surface area contributed by atoms with Crippen molar-refractivity contribution in [2.75, 3.05) is 7.11 Å². The fourth-order valence-electron chi connectivity index (χ4n) is 1.14. The fraction of sp³-hybridized carbons (Fsp3) is 0.167. The molecule has 1 aromatic carbocycles. The van der Waals surface area contributed by atoms with Crippen molar-refractivity contribution >= 4 is 29.4 Å². The summed E-state index contributed by atoms with van der Waals surface area (Å²) in [6.07, 6.45) is 1.48. The molecular weight excluding hydrogens is 228 g/mol. The average Bonchev–Trinajstić information content (AvgIpc) is 2.27. The van der Waals surface area contributed by atoms with E-state index in [0.717, 1.165) is 5.56 Å². The molecule has 0 bridgehead atoms. The minimum Gasteiger partial charge on any atom is -0.465 e. The molecule has 0 N–H and O–H groups in total. The van der Waals surface area contributed by atoms with E-state index in [-0.39, 0.29) is 11.4 Å². The molecule has 0 spiro atoms. The first-order chi connectivity index (χ1) is 7.54. The first kappa shape index (κ1) is 12.5. The smallest absolute Gasteiger partial charge is 0.341 e.